The van der Waals surface area contributed by atoms with Crippen LogP contribution < -0.4 is 0 Å². The molecule has 31 heavy (non-hydrogen) atoms. The third kappa shape index (κ3) is 4.57. The molecule has 4 nitrogen and oxygen atoms in total. The highest BCUT2D eigenvalue weighted by molar-refractivity contribution is 7.95. The normalized spacial score (nSPS) is 12.7. The number of aromatic nitrogens is 1. The average Bonchev–Trinajstić information content (AvgIpc) is 3.16. The Morgan fingerprint density at radius 1 is 1.00 bits per heavy atom. The third-order valence-electron chi connectivity index (χ3n) is 4.71. The summed E-state index contributed by atoms with van der Waals surface area (Å²) in [6.45, 7) is 3.73. The number of hydrogen-bond acceptors (Lipinski definition) is 3. The van der Waals surface area contributed by atoms with E-state index >= 15 is 0 Å². The summed E-state index contributed by atoms with van der Waals surface area (Å²) in [5, 5.41) is 9.53. The Morgan fingerprint density at radius 2 is 1.61 bits per heavy atom. The fraction of sp³-hybridized carbons (Fsp3) is 0.174. The van der Waals surface area contributed by atoms with Crippen LogP contribution in [0.2, 0.25) is 0 Å². The van der Waals surface area contributed by atoms with E-state index in [9.17, 15) is 26.9 Å². The van der Waals surface area contributed by atoms with Crippen LogP contribution in [0.4, 0.5) is 13.2 Å². The van der Waals surface area contributed by atoms with E-state index in [-0.39, 0.29) is 10.9 Å². The number of nitriles is 1. The summed E-state index contributed by atoms with van der Waals surface area (Å²) >= 11 is 0. The Bertz CT molecular complexity index is 1250. The van der Waals surface area contributed by atoms with Crippen LogP contribution in [-0.2, 0) is 16.0 Å². The topological polar surface area (TPSA) is 62.9 Å². The third-order valence-corrected chi connectivity index (χ3v) is 6.39. The van der Waals surface area contributed by atoms with Crippen molar-refractivity contribution in [1.29, 1.82) is 5.26 Å². The van der Waals surface area contributed by atoms with Gasteiger partial charge in [0.15, 0.2) is 4.91 Å². The summed E-state index contributed by atoms with van der Waals surface area (Å²) in [5.74, 6) is 0. The van der Waals surface area contributed by atoms with Crippen molar-refractivity contribution in [2.45, 2.75) is 31.0 Å². The van der Waals surface area contributed by atoms with E-state index in [4.69, 9.17) is 0 Å². The van der Waals surface area contributed by atoms with E-state index in [1.54, 1.807) is 41.0 Å². The van der Waals surface area contributed by atoms with E-state index in [2.05, 4.69) is 0 Å². The zero-order valence-corrected chi connectivity index (χ0v) is 17.6. The van der Waals surface area contributed by atoms with E-state index in [0.717, 1.165) is 12.1 Å². The molecule has 0 fully saturated rings. The number of alkyl halides is 3. The second-order valence-electron chi connectivity index (χ2n) is 7.12. The number of rotatable bonds is 5. The first-order valence-corrected chi connectivity index (χ1v) is 10.8. The van der Waals surface area contributed by atoms with E-state index in [1.165, 1.54) is 30.3 Å². The Hall–Kier alpha value is -3.31. The number of nitrogens with zero attached hydrogens (tertiary/aromatic N) is 2. The van der Waals surface area contributed by atoms with Crippen LogP contribution in [0.1, 0.15) is 31.1 Å². The van der Waals surface area contributed by atoms with Gasteiger partial charge in [0.25, 0.3) is 0 Å². The molecule has 0 spiro atoms. The van der Waals surface area contributed by atoms with Crippen molar-refractivity contribution in [2.75, 3.05) is 0 Å². The summed E-state index contributed by atoms with van der Waals surface area (Å²) in [7, 11) is -4.01. The van der Waals surface area contributed by atoms with Crippen molar-refractivity contribution in [1.82, 2.24) is 4.57 Å². The molecule has 1 aromatic heterocycles. The molecule has 0 amide bonds. The first kappa shape index (κ1) is 22.4. The predicted molar refractivity (Wildman–Crippen MR) is 112 cm³/mol. The van der Waals surface area contributed by atoms with Crippen molar-refractivity contribution in [3.05, 3.63) is 82.9 Å². The molecule has 2 aromatic carbocycles. The second kappa shape index (κ2) is 8.44. The summed E-state index contributed by atoms with van der Waals surface area (Å²) in [4.78, 5) is -0.411. The number of halogens is 3. The molecule has 0 saturated carbocycles. The van der Waals surface area contributed by atoms with Crippen LogP contribution in [0.15, 0.2) is 76.5 Å². The van der Waals surface area contributed by atoms with E-state index in [0.29, 0.717) is 17.0 Å². The maximum absolute atomic E-state index is 12.9. The van der Waals surface area contributed by atoms with Gasteiger partial charge in [0.1, 0.15) is 6.07 Å². The van der Waals surface area contributed by atoms with Gasteiger partial charge in [-0.3, -0.25) is 0 Å². The summed E-state index contributed by atoms with van der Waals surface area (Å²) in [6, 6.07) is 17.4. The van der Waals surface area contributed by atoms with Crippen molar-refractivity contribution < 1.29 is 21.6 Å². The van der Waals surface area contributed by atoms with Gasteiger partial charge in [0, 0.05) is 17.4 Å². The molecule has 0 aliphatic rings. The minimum Gasteiger partial charge on any atom is -0.338 e. The molecule has 0 unspecified atom stereocenters. The lowest BCUT2D eigenvalue weighted by Crippen LogP contribution is -2.08. The molecule has 0 atom stereocenters. The lowest BCUT2D eigenvalue weighted by atomic mass is 10.1. The van der Waals surface area contributed by atoms with Gasteiger partial charge < -0.3 is 4.57 Å². The Morgan fingerprint density at radius 3 is 2.13 bits per heavy atom. The van der Waals surface area contributed by atoms with Crippen molar-refractivity contribution in [3.8, 4) is 17.3 Å². The maximum atomic E-state index is 12.9. The second-order valence-corrected chi connectivity index (χ2v) is 9.04. The highest BCUT2D eigenvalue weighted by Crippen LogP contribution is 2.33. The molecule has 160 valence electrons. The number of sulfone groups is 1. The van der Waals surface area contributed by atoms with Gasteiger partial charge in [0.05, 0.1) is 10.5 Å². The summed E-state index contributed by atoms with van der Waals surface area (Å²) < 4.78 is 66.1. The van der Waals surface area contributed by atoms with Crippen LogP contribution in [0.3, 0.4) is 0 Å². The molecule has 0 N–H and O–H groups in total. The molecule has 0 aliphatic carbocycles. The minimum absolute atomic E-state index is 0.00779. The smallest absolute Gasteiger partial charge is 0.338 e. The zero-order chi connectivity index (χ0) is 22.8. The number of hydrogen-bond donors (Lipinski definition) is 0. The first-order chi connectivity index (χ1) is 14.6. The van der Waals surface area contributed by atoms with Crippen LogP contribution >= 0.6 is 0 Å². The SMILES string of the molecule is CC(C)n1c(/C=C(\C#N)S(=O)(=O)c2ccccc2)ccc1-c1ccc(C(F)(F)F)cc1. The predicted octanol–water partition coefficient (Wildman–Crippen LogP) is 6.09. The van der Waals surface area contributed by atoms with Crippen LogP contribution in [-0.4, -0.2) is 13.0 Å². The summed E-state index contributed by atoms with van der Waals surface area (Å²) in [5.41, 5.74) is 0.871. The highest BCUT2D eigenvalue weighted by Gasteiger charge is 2.30. The Kier molecular flexibility index (Phi) is 6.09. The van der Waals surface area contributed by atoms with Gasteiger partial charge in [-0.05, 0) is 61.9 Å². The van der Waals surface area contributed by atoms with Gasteiger partial charge in [-0.25, -0.2) is 8.42 Å². The monoisotopic (exact) mass is 444 g/mol. The summed E-state index contributed by atoms with van der Waals surface area (Å²) in [6.07, 6.45) is -3.14. The Labute approximate surface area is 178 Å². The highest BCUT2D eigenvalue weighted by atomic mass is 32.2. The van der Waals surface area contributed by atoms with Gasteiger partial charge in [-0.2, -0.15) is 18.4 Å². The maximum Gasteiger partial charge on any atom is 0.416 e. The first-order valence-electron chi connectivity index (χ1n) is 9.36. The standard InChI is InChI=1S/C23H19F3N2O2S/c1-16(2)28-19(14-21(15-27)31(29,30)20-6-4-3-5-7-20)12-13-22(28)17-8-10-18(11-9-17)23(24,25)26/h3-14,16H,1-2H3/b21-14+. The van der Waals surface area contributed by atoms with Crippen LogP contribution in [0.25, 0.3) is 17.3 Å². The van der Waals surface area contributed by atoms with Crippen LogP contribution in [0.5, 0.6) is 0 Å². The molecule has 3 aromatic rings. The molecule has 3 rings (SSSR count). The van der Waals surface area contributed by atoms with Crippen molar-refractivity contribution >= 4 is 15.9 Å². The fourth-order valence-electron chi connectivity index (χ4n) is 3.25. The van der Waals surface area contributed by atoms with Gasteiger partial charge in [0.2, 0.25) is 9.84 Å². The molecule has 0 radical (unpaired) electrons. The van der Waals surface area contributed by atoms with Gasteiger partial charge in [-0.15, -0.1) is 0 Å². The van der Waals surface area contributed by atoms with Crippen molar-refractivity contribution in [3.63, 3.8) is 0 Å². The number of benzene rings is 2. The average molecular weight is 444 g/mol. The molecule has 1 heterocycles. The largest absolute Gasteiger partial charge is 0.416 e. The quantitative estimate of drug-likeness (QED) is 0.447. The minimum atomic E-state index is -4.43. The van der Waals surface area contributed by atoms with Crippen molar-refractivity contribution in [2.24, 2.45) is 0 Å². The lowest BCUT2D eigenvalue weighted by molar-refractivity contribution is -0.137. The Balaban J connectivity index is 2.09. The molecule has 0 aliphatic heterocycles. The van der Waals surface area contributed by atoms with Gasteiger partial charge in [-0.1, -0.05) is 30.3 Å². The molecule has 8 heteroatoms. The molecular weight excluding hydrogens is 425 g/mol. The van der Waals surface area contributed by atoms with Gasteiger partial charge >= 0.3 is 6.18 Å². The number of allylic oxidation sites excluding steroid dienone is 1. The molecule has 0 bridgehead atoms. The lowest BCUT2D eigenvalue weighted by Gasteiger charge is -2.17. The zero-order valence-electron chi connectivity index (χ0n) is 16.8. The van der Waals surface area contributed by atoms with E-state index in [1.807, 2.05) is 13.8 Å². The van der Waals surface area contributed by atoms with Crippen LogP contribution in [0, 0.1) is 11.3 Å². The van der Waals surface area contributed by atoms with E-state index < -0.39 is 26.5 Å². The molecular formula is C23H19F3N2O2S. The molecule has 0 saturated heterocycles. The fourth-order valence-corrected chi connectivity index (χ4v) is 4.42.